The highest BCUT2D eigenvalue weighted by molar-refractivity contribution is 5.34. The molecule has 0 radical (unpaired) electrons. The lowest BCUT2D eigenvalue weighted by molar-refractivity contribution is 0.285. The molecule has 0 saturated heterocycles. The fourth-order valence-electron chi connectivity index (χ4n) is 4.22. The van der Waals surface area contributed by atoms with Crippen LogP contribution in [0.25, 0.3) is 0 Å². The van der Waals surface area contributed by atoms with Crippen molar-refractivity contribution in [2.75, 3.05) is 0 Å². The molecule has 0 amide bonds. The molecule has 0 spiro atoms. The zero-order chi connectivity index (χ0) is 18.4. The Kier molecular flexibility index (Phi) is 6.76. The van der Waals surface area contributed by atoms with Gasteiger partial charge in [0.05, 0.1) is 11.3 Å². The highest BCUT2D eigenvalue weighted by atomic mass is 16.5. The Morgan fingerprint density at radius 3 is 2.65 bits per heavy atom. The van der Waals surface area contributed by atoms with Crippen molar-refractivity contribution in [2.24, 2.45) is 11.8 Å². The molecule has 0 aliphatic heterocycles. The number of rotatable bonds is 8. The van der Waals surface area contributed by atoms with Crippen LogP contribution >= 0.6 is 0 Å². The number of nitrogens with zero attached hydrogens (tertiary/aromatic N) is 1. The summed E-state index contributed by atoms with van der Waals surface area (Å²) in [7, 11) is 0. The fourth-order valence-corrected chi connectivity index (χ4v) is 4.22. The second-order valence-electron chi connectivity index (χ2n) is 8.08. The van der Waals surface area contributed by atoms with Crippen molar-refractivity contribution in [3.8, 4) is 5.75 Å². The molecule has 142 valence electrons. The lowest BCUT2D eigenvalue weighted by Gasteiger charge is -2.24. The van der Waals surface area contributed by atoms with Crippen LogP contribution in [0.2, 0.25) is 0 Å². The van der Waals surface area contributed by atoms with Gasteiger partial charge in [0.15, 0.2) is 0 Å². The molecule has 26 heavy (non-hydrogen) atoms. The van der Waals surface area contributed by atoms with Gasteiger partial charge < -0.3 is 9.26 Å². The Bertz CT molecular complexity index is 666. The van der Waals surface area contributed by atoms with E-state index in [9.17, 15) is 0 Å². The van der Waals surface area contributed by atoms with Gasteiger partial charge in [-0.25, -0.2) is 0 Å². The largest absolute Gasteiger partial charge is 0.488 e. The average Bonchev–Trinajstić information content (AvgIpc) is 2.97. The number of hydrogen-bond acceptors (Lipinski definition) is 3. The van der Waals surface area contributed by atoms with Gasteiger partial charge >= 0.3 is 0 Å². The van der Waals surface area contributed by atoms with Crippen LogP contribution in [0.5, 0.6) is 5.75 Å². The van der Waals surface area contributed by atoms with Crippen LogP contribution in [-0.4, -0.2) is 5.16 Å². The predicted octanol–water partition coefficient (Wildman–Crippen LogP) is 6.41. The van der Waals surface area contributed by atoms with Crippen molar-refractivity contribution in [1.29, 1.82) is 0 Å². The molecule has 2 aromatic rings. The number of hydrogen-bond donors (Lipinski definition) is 0. The minimum atomic E-state index is 0.524. The first kappa shape index (κ1) is 19.0. The van der Waals surface area contributed by atoms with Crippen molar-refractivity contribution in [1.82, 2.24) is 5.16 Å². The first-order valence-electron chi connectivity index (χ1n) is 10.3. The summed E-state index contributed by atoms with van der Waals surface area (Å²) in [6.07, 6.45) is 10.9. The van der Waals surface area contributed by atoms with Crippen LogP contribution in [0, 0.1) is 25.7 Å². The summed E-state index contributed by atoms with van der Waals surface area (Å²) < 4.78 is 11.4. The van der Waals surface area contributed by atoms with E-state index in [2.05, 4.69) is 36.3 Å². The lowest BCUT2D eigenvalue weighted by Crippen LogP contribution is -2.11. The molecular weight excluding hydrogens is 322 g/mol. The Hall–Kier alpha value is -1.77. The van der Waals surface area contributed by atoms with E-state index in [0.717, 1.165) is 41.0 Å². The Labute approximate surface area is 158 Å². The average molecular weight is 356 g/mol. The third-order valence-electron chi connectivity index (χ3n) is 5.89. The molecule has 1 aromatic carbocycles. The molecule has 3 nitrogen and oxygen atoms in total. The molecule has 1 saturated carbocycles. The van der Waals surface area contributed by atoms with E-state index in [4.69, 9.17) is 9.26 Å². The van der Waals surface area contributed by atoms with Gasteiger partial charge in [0.2, 0.25) is 0 Å². The molecule has 1 aliphatic carbocycles. The number of ether oxygens (including phenoxy) is 1. The van der Waals surface area contributed by atoms with Gasteiger partial charge in [-0.05, 0) is 56.6 Å². The molecule has 1 atom stereocenters. The van der Waals surface area contributed by atoms with Crippen LogP contribution in [-0.2, 0) is 13.0 Å². The standard InChI is InChI=1S/C23H33NO2/c1-17(15-20-9-5-4-6-10-20)13-14-21-11-7-8-12-23(21)25-16-22-18(2)24-26-19(22)3/h7-8,11-12,17,20H,4-6,9-10,13-16H2,1-3H3. The second kappa shape index (κ2) is 9.25. The molecule has 0 bridgehead atoms. The maximum absolute atomic E-state index is 6.13. The summed E-state index contributed by atoms with van der Waals surface area (Å²) >= 11 is 0. The summed E-state index contributed by atoms with van der Waals surface area (Å²) in [5.41, 5.74) is 3.29. The van der Waals surface area contributed by atoms with E-state index < -0.39 is 0 Å². The molecule has 3 rings (SSSR count). The van der Waals surface area contributed by atoms with Crippen molar-refractivity contribution in [3.05, 3.63) is 46.8 Å². The van der Waals surface area contributed by atoms with E-state index in [0.29, 0.717) is 6.61 Å². The zero-order valence-corrected chi connectivity index (χ0v) is 16.6. The summed E-state index contributed by atoms with van der Waals surface area (Å²) in [5, 5.41) is 4.01. The van der Waals surface area contributed by atoms with Gasteiger partial charge in [0, 0.05) is 0 Å². The lowest BCUT2D eigenvalue weighted by atomic mass is 9.82. The molecule has 1 aromatic heterocycles. The summed E-state index contributed by atoms with van der Waals surface area (Å²) in [6.45, 7) is 6.85. The maximum Gasteiger partial charge on any atom is 0.140 e. The fraction of sp³-hybridized carbons (Fsp3) is 0.609. The maximum atomic E-state index is 6.13. The zero-order valence-electron chi connectivity index (χ0n) is 16.6. The molecule has 0 N–H and O–H groups in total. The van der Waals surface area contributed by atoms with E-state index in [1.54, 1.807) is 0 Å². The minimum Gasteiger partial charge on any atom is -0.488 e. The quantitative estimate of drug-likeness (QED) is 0.549. The van der Waals surface area contributed by atoms with E-state index in [1.807, 2.05) is 13.8 Å². The van der Waals surface area contributed by atoms with Crippen LogP contribution in [0.15, 0.2) is 28.8 Å². The number of aromatic nitrogens is 1. The van der Waals surface area contributed by atoms with E-state index >= 15 is 0 Å². The van der Waals surface area contributed by atoms with Gasteiger partial charge in [0.1, 0.15) is 18.1 Å². The van der Waals surface area contributed by atoms with Crippen LogP contribution < -0.4 is 4.74 Å². The first-order valence-corrected chi connectivity index (χ1v) is 10.3. The van der Waals surface area contributed by atoms with Crippen LogP contribution in [0.3, 0.4) is 0 Å². The molecule has 1 fully saturated rings. The van der Waals surface area contributed by atoms with Gasteiger partial charge in [-0.15, -0.1) is 0 Å². The Morgan fingerprint density at radius 2 is 1.92 bits per heavy atom. The SMILES string of the molecule is Cc1noc(C)c1COc1ccccc1CCC(C)CC1CCCCC1. The van der Waals surface area contributed by atoms with Crippen molar-refractivity contribution in [3.63, 3.8) is 0 Å². The van der Waals surface area contributed by atoms with Crippen molar-refractivity contribution in [2.45, 2.75) is 78.7 Å². The minimum absolute atomic E-state index is 0.524. The molecule has 3 heteroatoms. The highest BCUT2D eigenvalue weighted by Gasteiger charge is 2.17. The van der Waals surface area contributed by atoms with Crippen LogP contribution in [0.4, 0.5) is 0 Å². The number of aryl methyl sites for hydroxylation is 3. The monoisotopic (exact) mass is 355 g/mol. The summed E-state index contributed by atoms with van der Waals surface area (Å²) in [6, 6.07) is 8.46. The first-order chi connectivity index (χ1) is 12.6. The van der Waals surface area contributed by atoms with Crippen LogP contribution in [0.1, 0.15) is 74.5 Å². The van der Waals surface area contributed by atoms with E-state index in [-0.39, 0.29) is 0 Å². The smallest absolute Gasteiger partial charge is 0.140 e. The molecular formula is C23H33NO2. The van der Waals surface area contributed by atoms with Crippen molar-refractivity contribution >= 4 is 0 Å². The Balaban J connectivity index is 1.53. The van der Waals surface area contributed by atoms with Gasteiger partial charge in [-0.3, -0.25) is 0 Å². The number of benzene rings is 1. The second-order valence-corrected chi connectivity index (χ2v) is 8.08. The Morgan fingerprint density at radius 1 is 1.15 bits per heavy atom. The van der Waals surface area contributed by atoms with Gasteiger partial charge in [-0.2, -0.15) is 0 Å². The highest BCUT2D eigenvalue weighted by Crippen LogP contribution is 2.31. The molecule has 1 heterocycles. The van der Waals surface area contributed by atoms with E-state index in [1.165, 1.54) is 50.5 Å². The summed E-state index contributed by atoms with van der Waals surface area (Å²) in [5.74, 6) is 3.59. The topological polar surface area (TPSA) is 35.3 Å². The predicted molar refractivity (Wildman–Crippen MR) is 105 cm³/mol. The van der Waals surface area contributed by atoms with Gasteiger partial charge in [0.25, 0.3) is 0 Å². The normalized spacial score (nSPS) is 16.6. The van der Waals surface area contributed by atoms with Gasteiger partial charge in [-0.1, -0.05) is 62.4 Å². The van der Waals surface area contributed by atoms with Crippen molar-refractivity contribution < 1.29 is 9.26 Å². The molecule has 1 unspecified atom stereocenters. The third kappa shape index (κ3) is 5.12. The third-order valence-corrected chi connectivity index (χ3v) is 5.89. The number of para-hydroxylation sites is 1. The molecule has 1 aliphatic rings. The summed E-state index contributed by atoms with van der Waals surface area (Å²) in [4.78, 5) is 0.